The Labute approximate surface area is 170 Å². The predicted molar refractivity (Wildman–Crippen MR) is 111 cm³/mol. The third-order valence-electron chi connectivity index (χ3n) is 4.68. The molecule has 1 aliphatic rings. The molecule has 0 spiro atoms. The van der Waals surface area contributed by atoms with Gasteiger partial charge >= 0.3 is 0 Å². The summed E-state index contributed by atoms with van der Waals surface area (Å²) in [7, 11) is 3.23. The van der Waals surface area contributed by atoms with Gasteiger partial charge in [0.1, 0.15) is 12.3 Å². The second kappa shape index (κ2) is 8.79. The van der Waals surface area contributed by atoms with Gasteiger partial charge in [0.05, 0.1) is 23.6 Å². The number of aromatic hydroxyl groups is 1. The van der Waals surface area contributed by atoms with Crippen molar-refractivity contribution in [3.63, 3.8) is 0 Å². The number of phenols is 1. The molecule has 1 unspecified atom stereocenters. The summed E-state index contributed by atoms with van der Waals surface area (Å²) in [5.41, 5.74) is 2.47. The maximum absolute atomic E-state index is 12.5. The number of benzene rings is 2. The van der Waals surface area contributed by atoms with Crippen molar-refractivity contribution in [2.24, 2.45) is 0 Å². The number of carbonyl (C=O) groups is 2. The fourth-order valence-corrected chi connectivity index (χ4v) is 3.09. The van der Waals surface area contributed by atoms with Crippen LogP contribution in [-0.4, -0.2) is 49.0 Å². The highest BCUT2D eigenvalue weighted by atomic mass is 16.5. The molecule has 1 atom stereocenters. The topological polar surface area (TPSA) is 90.9 Å². The van der Waals surface area contributed by atoms with Gasteiger partial charge in [-0.1, -0.05) is 36.4 Å². The number of nitrogens with zero attached hydrogens (tertiary/aromatic N) is 1. The number of ketones is 1. The number of ether oxygens (including phenoxy) is 1. The Kier molecular flexibility index (Phi) is 6.19. The molecular formula is C22H25N3O4. The Morgan fingerprint density at radius 3 is 2.52 bits per heavy atom. The standard InChI is InChI=1S/C22H25N3O4/c1-14(15-8-5-4-6-9-15)23-20-18(12-29-13-19(20)26)24-17-11-7-10-16(21(17)27)22(28)25(2)3/h4-11,14,23-24,27H,12-13H2,1-3H3. The summed E-state index contributed by atoms with van der Waals surface area (Å²) in [6, 6.07) is 14.6. The van der Waals surface area contributed by atoms with E-state index in [-0.39, 0.29) is 42.3 Å². The first-order chi connectivity index (χ1) is 13.9. The summed E-state index contributed by atoms with van der Waals surface area (Å²) >= 11 is 0. The molecule has 0 saturated heterocycles. The fourth-order valence-electron chi connectivity index (χ4n) is 3.09. The molecule has 1 amide bonds. The van der Waals surface area contributed by atoms with Gasteiger partial charge in [0, 0.05) is 20.1 Å². The summed E-state index contributed by atoms with van der Waals surface area (Å²) in [6.07, 6.45) is 0. The van der Waals surface area contributed by atoms with E-state index in [0.717, 1.165) is 5.56 Å². The van der Waals surface area contributed by atoms with E-state index in [1.807, 2.05) is 37.3 Å². The largest absolute Gasteiger partial charge is 0.505 e. The van der Waals surface area contributed by atoms with Crippen molar-refractivity contribution < 1.29 is 19.4 Å². The highest BCUT2D eigenvalue weighted by molar-refractivity contribution is 5.99. The second-order valence-corrected chi connectivity index (χ2v) is 7.07. The molecule has 0 radical (unpaired) electrons. The van der Waals surface area contributed by atoms with Gasteiger partial charge in [-0.05, 0) is 24.6 Å². The zero-order chi connectivity index (χ0) is 21.0. The molecular weight excluding hydrogens is 370 g/mol. The molecule has 0 bridgehead atoms. The van der Waals surface area contributed by atoms with Crippen molar-refractivity contribution in [2.75, 3.05) is 32.6 Å². The number of anilines is 1. The number of nitrogens with one attached hydrogen (secondary N) is 2. The molecule has 0 fully saturated rings. The molecule has 3 N–H and O–H groups in total. The van der Waals surface area contributed by atoms with Crippen LogP contribution in [0.2, 0.25) is 0 Å². The minimum Gasteiger partial charge on any atom is -0.505 e. The Bertz CT molecular complexity index is 938. The van der Waals surface area contributed by atoms with E-state index in [9.17, 15) is 14.7 Å². The van der Waals surface area contributed by atoms with E-state index in [1.54, 1.807) is 32.3 Å². The van der Waals surface area contributed by atoms with Gasteiger partial charge in [0.25, 0.3) is 5.91 Å². The molecule has 152 valence electrons. The van der Waals surface area contributed by atoms with Crippen molar-refractivity contribution in [1.82, 2.24) is 10.2 Å². The lowest BCUT2D eigenvalue weighted by molar-refractivity contribution is -0.121. The molecule has 1 heterocycles. The van der Waals surface area contributed by atoms with Crippen LogP contribution in [0, 0.1) is 0 Å². The molecule has 7 heteroatoms. The van der Waals surface area contributed by atoms with Crippen molar-refractivity contribution in [2.45, 2.75) is 13.0 Å². The number of para-hydroxylation sites is 1. The first-order valence-electron chi connectivity index (χ1n) is 9.34. The summed E-state index contributed by atoms with van der Waals surface area (Å²) < 4.78 is 5.37. The third kappa shape index (κ3) is 4.57. The van der Waals surface area contributed by atoms with Gasteiger partial charge in [0.15, 0.2) is 5.75 Å². The Morgan fingerprint density at radius 1 is 1.10 bits per heavy atom. The quantitative estimate of drug-likeness (QED) is 0.652. The monoisotopic (exact) mass is 395 g/mol. The van der Waals surface area contributed by atoms with E-state index >= 15 is 0 Å². The molecule has 29 heavy (non-hydrogen) atoms. The van der Waals surface area contributed by atoms with E-state index < -0.39 is 0 Å². The maximum Gasteiger partial charge on any atom is 0.257 e. The SMILES string of the molecule is CC(NC1=C(Nc2cccc(C(=O)N(C)C)c2O)COCC1=O)c1ccccc1. The summed E-state index contributed by atoms with van der Waals surface area (Å²) in [6.45, 7) is 2.14. The third-order valence-corrected chi connectivity index (χ3v) is 4.68. The van der Waals surface area contributed by atoms with E-state index in [2.05, 4.69) is 10.6 Å². The Balaban J connectivity index is 1.91. The predicted octanol–water partition coefficient (Wildman–Crippen LogP) is 2.67. The van der Waals surface area contributed by atoms with Crippen LogP contribution >= 0.6 is 0 Å². The van der Waals surface area contributed by atoms with E-state index in [0.29, 0.717) is 17.1 Å². The van der Waals surface area contributed by atoms with E-state index in [1.165, 1.54) is 4.90 Å². The van der Waals surface area contributed by atoms with Gasteiger partial charge in [-0.2, -0.15) is 0 Å². The van der Waals surface area contributed by atoms with Gasteiger partial charge in [-0.25, -0.2) is 0 Å². The lowest BCUT2D eigenvalue weighted by Gasteiger charge is -2.25. The first kappa shape index (κ1) is 20.4. The lowest BCUT2D eigenvalue weighted by atomic mass is 10.1. The number of rotatable bonds is 6. The summed E-state index contributed by atoms with van der Waals surface area (Å²) in [4.78, 5) is 26.2. The van der Waals surface area contributed by atoms with Crippen molar-refractivity contribution in [3.8, 4) is 5.75 Å². The first-order valence-corrected chi connectivity index (χ1v) is 9.34. The molecule has 0 aliphatic carbocycles. The number of Topliss-reactive ketones (excluding diaryl/α,β-unsaturated/α-hetero) is 1. The maximum atomic E-state index is 12.5. The van der Waals surface area contributed by atoms with Crippen molar-refractivity contribution >= 4 is 17.4 Å². The van der Waals surface area contributed by atoms with Gasteiger partial charge in [-0.3, -0.25) is 9.59 Å². The number of carbonyl (C=O) groups excluding carboxylic acids is 2. The van der Waals surface area contributed by atoms with Crippen LogP contribution in [0.3, 0.4) is 0 Å². The van der Waals surface area contributed by atoms with Gasteiger partial charge in [-0.15, -0.1) is 0 Å². The zero-order valence-electron chi connectivity index (χ0n) is 16.7. The number of amides is 1. The fraction of sp³-hybridized carbons (Fsp3) is 0.273. The van der Waals surface area contributed by atoms with Crippen LogP contribution in [0.4, 0.5) is 5.69 Å². The lowest BCUT2D eigenvalue weighted by Crippen LogP contribution is -2.34. The Morgan fingerprint density at radius 2 is 1.83 bits per heavy atom. The van der Waals surface area contributed by atoms with Crippen LogP contribution in [0.15, 0.2) is 59.9 Å². The summed E-state index contributed by atoms with van der Waals surface area (Å²) in [5.74, 6) is -0.666. The normalized spacial score (nSPS) is 15.1. The van der Waals surface area contributed by atoms with Crippen LogP contribution in [-0.2, 0) is 9.53 Å². The van der Waals surface area contributed by atoms with Crippen LogP contribution < -0.4 is 10.6 Å². The molecule has 0 saturated carbocycles. The van der Waals surface area contributed by atoms with Crippen molar-refractivity contribution in [3.05, 3.63) is 71.1 Å². The smallest absolute Gasteiger partial charge is 0.257 e. The number of phenolic OH excluding ortho intramolecular Hbond substituents is 1. The minimum absolute atomic E-state index is 0.0137. The average molecular weight is 395 g/mol. The molecule has 2 aromatic carbocycles. The van der Waals surface area contributed by atoms with Gasteiger partial charge < -0.3 is 25.4 Å². The summed E-state index contributed by atoms with van der Waals surface area (Å²) in [5, 5.41) is 16.9. The minimum atomic E-state index is -0.313. The van der Waals surface area contributed by atoms with Crippen LogP contribution in [0.25, 0.3) is 0 Å². The molecule has 3 rings (SSSR count). The molecule has 1 aliphatic heterocycles. The molecule has 0 aromatic heterocycles. The molecule has 7 nitrogen and oxygen atoms in total. The number of hydrogen-bond acceptors (Lipinski definition) is 6. The highest BCUT2D eigenvalue weighted by Gasteiger charge is 2.24. The number of hydrogen-bond donors (Lipinski definition) is 3. The van der Waals surface area contributed by atoms with E-state index in [4.69, 9.17) is 4.74 Å². The average Bonchev–Trinajstić information content (AvgIpc) is 2.72. The zero-order valence-corrected chi connectivity index (χ0v) is 16.7. The second-order valence-electron chi connectivity index (χ2n) is 7.07. The van der Waals surface area contributed by atoms with Crippen molar-refractivity contribution in [1.29, 1.82) is 0 Å². The highest BCUT2D eigenvalue weighted by Crippen LogP contribution is 2.30. The van der Waals surface area contributed by atoms with Gasteiger partial charge in [0.2, 0.25) is 5.78 Å². The van der Waals surface area contributed by atoms with Crippen LogP contribution in [0.5, 0.6) is 5.75 Å². The Hall–Kier alpha value is -3.32. The van der Waals surface area contributed by atoms with Crippen LogP contribution in [0.1, 0.15) is 28.9 Å². The molecule has 2 aromatic rings.